The molecule has 1 aromatic carbocycles. The van der Waals surface area contributed by atoms with Gasteiger partial charge in [-0.15, -0.1) is 27.8 Å². The van der Waals surface area contributed by atoms with Crippen molar-refractivity contribution in [1.29, 1.82) is 0 Å². The first kappa shape index (κ1) is 22.4. The lowest BCUT2D eigenvalue weighted by Gasteiger charge is -2.07. The van der Waals surface area contributed by atoms with E-state index in [0.717, 1.165) is 43.3 Å². The van der Waals surface area contributed by atoms with Crippen molar-refractivity contribution in [2.75, 3.05) is 18.5 Å². The van der Waals surface area contributed by atoms with Gasteiger partial charge in [0.2, 0.25) is 0 Å². The van der Waals surface area contributed by atoms with E-state index in [1.54, 1.807) is 23.5 Å². The summed E-state index contributed by atoms with van der Waals surface area (Å²) in [6.45, 7) is 7.18. The second-order valence-corrected chi connectivity index (χ2v) is 9.97. The van der Waals surface area contributed by atoms with Gasteiger partial charge >= 0.3 is 0 Å². The summed E-state index contributed by atoms with van der Waals surface area (Å²) in [7, 11) is 0. The van der Waals surface area contributed by atoms with Crippen LogP contribution in [-0.2, 0) is 6.42 Å². The minimum absolute atomic E-state index is 0.194. The van der Waals surface area contributed by atoms with E-state index < -0.39 is 0 Å². The zero-order valence-corrected chi connectivity index (χ0v) is 20.5. The lowest BCUT2D eigenvalue weighted by molar-refractivity contribution is 0.343. The molecule has 0 bridgehead atoms. The maximum absolute atomic E-state index is 14.0. The van der Waals surface area contributed by atoms with Gasteiger partial charge < -0.3 is 10.1 Å². The molecule has 0 aliphatic heterocycles. The second-order valence-electron chi connectivity index (χ2n) is 7.69. The number of H-pyrrole nitrogens is 1. The van der Waals surface area contributed by atoms with Gasteiger partial charge in [-0.1, -0.05) is 0 Å². The number of nitrogens with zero attached hydrogens (tertiary/aromatic N) is 5. The number of thiophene rings is 2. The maximum Gasteiger partial charge on any atom is 0.193 e. The summed E-state index contributed by atoms with van der Waals surface area (Å²) in [5.41, 5.74) is 2.93. The summed E-state index contributed by atoms with van der Waals surface area (Å²) < 4.78 is 20.9. The molecule has 4 heterocycles. The zero-order valence-electron chi connectivity index (χ0n) is 18.8. The Hall–Kier alpha value is -3.44. The molecule has 0 spiro atoms. The van der Waals surface area contributed by atoms with Crippen LogP contribution in [0.4, 0.5) is 10.2 Å². The summed E-state index contributed by atoms with van der Waals surface area (Å²) in [6.07, 6.45) is 2.31. The van der Waals surface area contributed by atoms with E-state index in [-0.39, 0.29) is 5.82 Å². The topological polar surface area (TPSA) is 102 Å². The molecular weight excluding hydrogens is 473 g/mol. The molecular formula is C23H22FN7OS2. The standard InChI is InChI=1S/C23H22FN7OS2/c1-4-32-18-10-19(34-22(18)23-28-30-31-29-23)17-9-20(27-11-26-17)25-6-5-15-13(3)33-21-12(2)7-14(24)8-16(15)21/h7-11H,4-6H2,1-3H3,(H,25,26,27)(H,28,29,30,31). The highest BCUT2D eigenvalue weighted by Gasteiger charge is 2.18. The Morgan fingerprint density at radius 1 is 1.12 bits per heavy atom. The molecule has 0 atom stereocenters. The van der Waals surface area contributed by atoms with E-state index in [2.05, 4.69) is 42.8 Å². The quantitative estimate of drug-likeness (QED) is 0.297. The summed E-state index contributed by atoms with van der Waals surface area (Å²) in [5.74, 6) is 1.78. The highest BCUT2D eigenvalue weighted by molar-refractivity contribution is 7.19. The average Bonchev–Trinajstić information content (AvgIpc) is 3.55. The van der Waals surface area contributed by atoms with Crippen LogP contribution in [0, 0.1) is 19.7 Å². The Labute approximate surface area is 203 Å². The summed E-state index contributed by atoms with van der Waals surface area (Å²) in [5, 5.41) is 18.5. The number of ether oxygens (including phenoxy) is 1. The van der Waals surface area contributed by atoms with Crippen LogP contribution in [-0.4, -0.2) is 43.7 Å². The van der Waals surface area contributed by atoms with E-state index in [4.69, 9.17) is 4.74 Å². The van der Waals surface area contributed by atoms with Crippen LogP contribution in [0.1, 0.15) is 22.9 Å². The van der Waals surface area contributed by atoms with Crippen LogP contribution in [0.5, 0.6) is 5.75 Å². The Morgan fingerprint density at radius 3 is 2.79 bits per heavy atom. The van der Waals surface area contributed by atoms with Crippen LogP contribution in [0.15, 0.2) is 30.6 Å². The van der Waals surface area contributed by atoms with Crippen molar-refractivity contribution < 1.29 is 9.13 Å². The summed E-state index contributed by atoms with van der Waals surface area (Å²) in [6, 6.07) is 7.08. The fourth-order valence-corrected chi connectivity index (χ4v) is 6.05. The monoisotopic (exact) mass is 495 g/mol. The first-order valence-electron chi connectivity index (χ1n) is 10.8. The van der Waals surface area contributed by atoms with Crippen molar-refractivity contribution in [2.24, 2.45) is 0 Å². The van der Waals surface area contributed by atoms with E-state index in [1.807, 2.05) is 26.0 Å². The van der Waals surface area contributed by atoms with Crippen LogP contribution in [0.25, 0.3) is 31.4 Å². The number of benzene rings is 1. The molecule has 5 aromatic rings. The van der Waals surface area contributed by atoms with Gasteiger partial charge in [-0.3, -0.25) is 0 Å². The van der Waals surface area contributed by atoms with Gasteiger partial charge in [0.25, 0.3) is 0 Å². The van der Waals surface area contributed by atoms with E-state index in [9.17, 15) is 4.39 Å². The number of hydrogen-bond donors (Lipinski definition) is 2. The van der Waals surface area contributed by atoms with Gasteiger partial charge in [0, 0.05) is 28.3 Å². The van der Waals surface area contributed by atoms with Gasteiger partial charge in [-0.2, -0.15) is 0 Å². The number of rotatable bonds is 8. The number of hydrogen-bond acceptors (Lipinski definition) is 9. The molecule has 0 saturated heterocycles. The molecule has 0 amide bonds. The molecule has 4 aromatic heterocycles. The molecule has 0 saturated carbocycles. The number of fused-ring (bicyclic) bond motifs is 1. The van der Waals surface area contributed by atoms with Crippen molar-refractivity contribution in [3.8, 4) is 27.0 Å². The largest absolute Gasteiger partial charge is 0.492 e. The van der Waals surface area contributed by atoms with Gasteiger partial charge in [0.1, 0.15) is 28.6 Å². The van der Waals surface area contributed by atoms with Crippen LogP contribution < -0.4 is 10.1 Å². The molecule has 0 aliphatic rings. The summed E-state index contributed by atoms with van der Waals surface area (Å²) in [4.78, 5) is 11.8. The maximum atomic E-state index is 14.0. The number of anilines is 1. The molecule has 11 heteroatoms. The second kappa shape index (κ2) is 9.43. The normalized spacial score (nSPS) is 11.3. The molecule has 174 valence electrons. The van der Waals surface area contributed by atoms with Crippen LogP contribution in [0.2, 0.25) is 0 Å². The third-order valence-corrected chi connectivity index (χ3v) is 7.85. The average molecular weight is 496 g/mol. The molecule has 0 fully saturated rings. The van der Waals surface area contributed by atoms with Crippen molar-refractivity contribution in [2.45, 2.75) is 27.2 Å². The number of tetrazole rings is 1. The van der Waals surface area contributed by atoms with E-state index in [1.165, 1.54) is 28.1 Å². The summed E-state index contributed by atoms with van der Waals surface area (Å²) >= 11 is 3.22. The van der Waals surface area contributed by atoms with Gasteiger partial charge in [0.05, 0.1) is 17.2 Å². The van der Waals surface area contributed by atoms with E-state index >= 15 is 0 Å². The predicted molar refractivity (Wildman–Crippen MR) is 133 cm³/mol. The Kier molecular flexibility index (Phi) is 6.20. The fourth-order valence-electron chi connectivity index (χ4n) is 3.89. The van der Waals surface area contributed by atoms with Crippen molar-refractivity contribution >= 4 is 38.6 Å². The predicted octanol–water partition coefficient (Wildman–Crippen LogP) is 5.41. The highest BCUT2D eigenvalue weighted by Crippen LogP contribution is 2.41. The highest BCUT2D eigenvalue weighted by atomic mass is 32.1. The van der Waals surface area contributed by atoms with Crippen molar-refractivity contribution in [3.05, 3.63) is 52.4 Å². The first-order valence-corrected chi connectivity index (χ1v) is 12.4. The minimum Gasteiger partial charge on any atom is -0.492 e. The molecule has 0 aliphatic carbocycles. The van der Waals surface area contributed by atoms with E-state index in [0.29, 0.717) is 24.7 Å². The SMILES string of the molecule is CCOc1cc(-c2cc(NCCc3c(C)sc4c(C)cc(F)cc34)ncn2)sc1-c1nnn[nH]1. The first-order chi connectivity index (χ1) is 16.5. The van der Waals surface area contributed by atoms with Crippen molar-refractivity contribution in [1.82, 2.24) is 30.6 Å². The van der Waals surface area contributed by atoms with Crippen LogP contribution >= 0.6 is 22.7 Å². The van der Waals surface area contributed by atoms with Gasteiger partial charge in [-0.05, 0) is 66.3 Å². The molecule has 0 radical (unpaired) electrons. The molecule has 2 N–H and O–H groups in total. The molecule has 8 nitrogen and oxygen atoms in total. The third-order valence-electron chi connectivity index (χ3n) is 5.40. The number of aromatic nitrogens is 6. The number of halogens is 1. The molecule has 5 rings (SSSR count). The number of aryl methyl sites for hydroxylation is 2. The number of nitrogens with one attached hydrogen (secondary N) is 2. The molecule has 0 unspecified atom stereocenters. The minimum atomic E-state index is -0.194. The number of aromatic amines is 1. The van der Waals surface area contributed by atoms with Gasteiger partial charge in [-0.25, -0.2) is 19.5 Å². The lowest BCUT2D eigenvalue weighted by atomic mass is 10.1. The van der Waals surface area contributed by atoms with Crippen molar-refractivity contribution in [3.63, 3.8) is 0 Å². The molecule has 34 heavy (non-hydrogen) atoms. The fraction of sp³-hybridized carbons (Fsp3) is 0.261. The smallest absolute Gasteiger partial charge is 0.193 e. The Bertz CT molecular complexity index is 1450. The zero-order chi connectivity index (χ0) is 23.7. The Morgan fingerprint density at radius 2 is 2.00 bits per heavy atom. The van der Waals surface area contributed by atoms with Gasteiger partial charge in [0.15, 0.2) is 5.82 Å². The third kappa shape index (κ3) is 4.36. The van der Waals surface area contributed by atoms with Crippen LogP contribution in [0.3, 0.4) is 0 Å². The lowest BCUT2D eigenvalue weighted by Crippen LogP contribution is -2.07. The Balaban J connectivity index is 1.35.